The van der Waals surface area contributed by atoms with E-state index in [0.29, 0.717) is 21.9 Å². The molecule has 0 aliphatic rings. The van der Waals surface area contributed by atoms with Crippen molar-refractivity contribution in [3.8, 4) is 22.8 Å². The molecule has 0 saturated heterocycles. The van der Waals surface area contributed by atoms with E-state index in [0.717, 1.165) is 5.56 Å². The van der Waals surface area contributed by atoms with Crippen LogP contribution in [-0.2, 0) is 0 Å². The van der Waals surface area contributed by atoms with Crippen LogP contribution in [0, 0.1) is 0 Å². The molecule has 0 atom stereocenters. The number of aromatic hydroxyl groups is 2. The van der Waals surface area contributed by atoms with Crippen LogP contribution in [0.3, 0.4) is 0 Å². The predicted octanol–water partition coefficient (Wildman–Crippen LogP) is 3.40. The minimum atomic E-state index is -0.237. The third-order valence-electron chi connectivity index (χ3n) is 3.83. The van der Waals surface area contributed by atoms with Crippen LogP contribution in [0.25, 0.3) is 28.4 Å². The number of hydrogen-bond acceptors (Lipinski definition) is 6. The lowest BCUT2D eigenvalue weighted by atomic mass is 10.1. The summed E-state index contributed by atoms with van der Waals surface area (Å²) in [5.41, 5.74) is 2.49. The molecule has 0 bridgehead atoms. The smallest absolute Gasteiger partial charge is 0.259 e. The highest BCUT2D eigenvalue weighted by molar-refractivity contribution is 7.15. The number of hydrogen-bond donors (Lipinski definition) is 2. The van der Waals surface area contributed by atoms with Crippen LogP contribution in [-0.4, -0.2) is 24.6 Å². The van der Waals surface area contributed by atoms with Crippen molar-refractivity contribution in [1.82, 2.24) is 14.4 Å². The molecule has 1 aromatic carbocycles. The lowest BCUT2D eigenvalue weighted by Crippen LogP contribution is -2.13. The van der Waals surface area contributed by atoms with Gasteiger partial charge in [0.25, 0.3) is 5.56 Å². The van der Waals surface area contributed by atoms with Gasteiger partial charge in [0, 0.05) is 29.4 Å². The molecule has 0 saturated carbocycles. The lowest BCUT2D eigenvalue weighted by molar-refractivity contribution is 0.404. The standard InChI is InChI=1S/C19H13N3O3S/c23-16-6-4-13(8-17(16)24)15-11-26-19-21-14(9-18(25)22(15)19)5-3-12-2-1-7-20-10-12/h1-11,23-24H/b5-3+. The van der Waals surface area contributed by atoms with Gasteiger partial charge in [0.2, 0.25) is 0 Å². The Balaban J connectivity index is 1.77. The molecule has 3 heterocycles. The molecule has 26 heavy (non-hydrogen) atoms. The molecule has 3 aromatic heterocycles. The van der Waals surface area contributed by atoms with Gasteiger partial charge in [-0.1, -0.05) is 12.1 Å². The van der Waals surface area contributed by atoms with Gasteiger partial charge in [-0.15, -0.1) is 11.3 Å². The second-order valence-corrected chi connectivity index (χ2v) is 6.42. The van der Waals surface area contributed by atoms with Crippen molar-refractivity contribution < 1.29 is 10.2 Å². The first-order valence-corrected chi connectivity index (χ1v) is 8.61. The first-order chi connectivity index (χ1) is 12.6. The van der Waals surface area contributed by atoms with E-state index in [2.05, 4.69) is 9.97 Å². The second-order valence-electron chi connectivity index (χ2n) is 5.58. The van der Waals surface area contributed by atoms with Crippen molar-refractivity contribution in [3.63, 3.8) is 0 Å². The van der Waals surface area contributed by atoms with Crippen LogP contribution in [0.15, 0.2) is 59.0 Å². The summed E-state index contributed by atoms with van der Waals surface area (Å²) >= 11 is 1.33. The van der Waals surface area contributed by atoms with Gasteiger partial charge < -0.3 is 10.2 Å². The van der Waals surface area contributed by atoms with Crippen molar-refractivity contribution in [2.24, 2.45) is 0 Å². The molecule has 6 nitrogen and oxygen atoms in total. The Bertz CT molecular complexity index is 1180. The van der Waals surface area contributed by atoms with Crippen LogP contribution in [0.4, 0.5) is 0 Å². The number of pyridine rings is 1. The number of benzene rings is 1. The Morgan fingerprint density at radius 3 is 2.73 bits per heavy atom. The third-order valence-corrected chi connectivity index (χ3v) is 4.65. The summed E-state index contributed by atoms with van der Waals surface area (Å²) in [7, 11) is 0. The van der Waals surface area contributed by atoms with Gasteiger partial charge in [0.1, 0.15) is 0 Å². The maximum absolute atomic E-state index is 12.6. The minimum absolute atomic E-state index is 0.207. The SMILES string of the molecule is O=c1cc(/C=C/c2cccnc2)nc2scc(-c3ccc(O)c(O)c3)n12. The number of fused-ring (bicyclic) bond motifs is 1. The van der Waals surface area contributed by atoms with E-state index in [9.17, 15) is 15.0 Å². The first-order valence-electron chi connectivity index (χ1n) is 7.73. The largest absolute Gasteiger partial charge is 0.504 e. The monoisotopic (exact) mass is 363 g/mol. The molecule has 0 aliphatic carbocycles. The summed E-state index contributed by atoms with van der Waals surface area (Å²) in [6.45, 7) is 0. The fourth-order valence-corrected chi connectivity index (χ4v) is 3.47. The highest BCUT2D eigenvalue weighted by atomic mass is 32.1. The van der Waals surface area contributed by atoms with E-state index in [1.807, 2.05) is 18.2 Å². The summed E-state index contributed by atoms with van der Waals surface area (Å²) in [5, 5.41) is 21.0. The highest BCUT2D eigenvalue weighted by Gasteiger charge is 2.11. The van der Waals surface area contributed by atoms with Gasteiger partial charge in [0.05, 0.1) is 11.4 Å². The fraction of sp³-hybridized carbons (Fsp3) is 0. The molecule has 0 aliphatic heterocycles. The van der Waals surface area contributed by atoms with Gasteiger partial charge in [-0.3, -0.25) is 14.2 Å². The molecule has 7 heteroatoms. The summed E-state index contributed by atoms with van der Waals surface area (Å²) < 4.78 is 1.48. The Morgan fingerprint density at radius 1 is 1.08 bits per heavy atom. The molecule has 2 N–H and O–H groups in total. The number of rotatable bonds is 3. The molecular formula is C19H13N3O3S. The summed E-state index contributed by atoms with van der Waals surface area (Å²) in [5.74, 6) is -0.444. The minimum Gasteiger partial charge on any atom is -0.504 e. The Morgan fingerprint density at radius 2 is 1.96 bits per heavy atom. The number of phenols is 2. The number of aromatic nitrogens is 3. The fourth-order valence-electron chi connectivity index (χ4n) is 2.56. The molecule has 4 rings (SSSR count). The molecule has 0 fully saturated rings. The van der Waals surface area contributed by atoms with Crippen LogP contribution in [0.1, 0.15) is 11.3 Å². The van der Waals surface area contributed by atoms with E-state index in [-0.39, 0.29) is 17.1 Å². The van der Waals surface area contributed by atoms with Gasteiger partial charge in [-0.2, -0.15) is 0 Å². The van der Waals surface area contributed by atoms with Crippen molar-refractivity contribution >= 4 is 28.4 Å². The molecule has 0 unspecified atom stereocenters. The molecule has 0 spiro atoms. The van der Waals surface area contributed by atoms with E-state index in [1.165, 1.54) is 33.9 Å². The van der Waals surface area contributed by atoms with Gasteiger partial charge in [0.15, 0.2) is 16.5 Å². The Labute approximate surface area is 152 Å². The van der Waals surface area contributed by atoms with Crippen molar-refractivity contribution in [2.75, 3.05) is 0 Å². The van der Waals surface area contributed by atoms with Crippen LogP contribution in [0.5, 0.6) is 11.5 Å². The van der Waals surface area contributed by atoms with Crippen molar-refractivity contribution in [1.29, 1.82) is 0 Å². The second kappa shape index (κ2) is 6.45. The lowest BCUT2D eigenvalue weighted by Gasteiger charge is -2.04. The van der Waals surface area contributed by atoms with Gasteiger partial charge >= 0.3 is 0 Å². The maximum atomic E-state index is 12.6. The van der Waals surface area contributed by atoms with Crippen LogP contribution in [0.2, 0.25) is 0 Å². The first kappa shape index (κ1) is 16.0. The topological polar surface area (TPSA) is 87.7 Å². The summed E-state index contributed by atoms with van der Waals surface area (Å²) in [6, 6.07) is 9.64. The van der Waals surface area contributed by atoms with E-state index < -0.39 is 0 Å². The molecule has 128 valence electrons. The van der Waals surface area contributed by atoms with Crippen molar-refractivity contribution in [3.05, 3.63) is 75.8 Å². The van der Waals surface area contributed by atoms with Crippen LogP contribution < -0.4 is 5.56 Å². The molecule has 0 radical (unpaired) electrons. The number of phenolic OH excluding ortho intramolecular Hbond substituents is 2. The average Bonchev–Trinajstić information content (AvgIpc) is 3.08. The number of thiazole rings is 1. The summed E-state index contributed by atoms with van der Waals surface area (Å²) in [4.78, 5) is 21.7. The Hall–Kier alpha value is -3.45. The zero-order valence-electron chi connectivity index (χ0n) is 13.4. The third kappa shape index (κ3) is 2.96. The highest BCUT2D eigenvalue weighted by Crippen LogP contribution is 2.31. The quantitative estimate of drug-likeness (QED) is 0.545. The number of nitrogens with zero attached hydrogens (tertiary/aromatic N) is 3. The maximum Gasteiger partial charge on any atom is 0.259 e. The normalized spacial score (nSPS) is 11.4. The zero-order chi connectivity index (χ0) is 18.1. The van der Waals surface area contributed by atoms with Gasteiger partial charge in [-0.25, -0.2) is 4.98 Å². The van der Waals surface area contributed by atoms with E-state index >= 15 is 0 Å². The molecule has 0 amide bonds. The molecular weight excluding hydrogens is 350 g/mol. The van der Waals surface area contributed by atoms with Gasteiger partial charge in [-0.05, 0) is 35.9 Å². The van der Waals surface area contributed by atoms with E-state index in [4.69, 9.17) is 0 Å². The Kier molecular flexibility index (Phi) is 3.98. The molecule has 4 aromatic rings. The average molecular weight is 363 g/mol. The van der Waals surface area contributed by atoms with E-state index in [1.54, 1.807) is 29.9 Å². The summed E-state index contributed by atoms with van der Waals surface area (Å²) in [6.07, 6.45) is 7.03. The van der Waals surface area contributed by atoms with Crippen LogP contribution >= 0.6 is 11.3 Å². The zero-order valence-corrected chi connectivity index (χ0v) is 14.2. The predicted molar refractivity (Wildman–Crippen MR) is 101 cm³/mol. The van der Waals surface area contributed by atoms with Crippen molar-refractivity contribution in [2.45, 2.75) is 0 Å².